The number of allylic oxidation sites excluding steroid dienone is 6. The minimum atomic E-state index is 1.31. The molecule has 0 unspecified atom stereocenters. The molecule has 0 aromatic carbocycles. The first-order valence-corrected chi connectivity index (χ1v) is 3.99. The van der Waals surface area contributed by atoms with E-state index >= 15 is 0 Å². The lowest BCUT2D eigenvalue weighted by Gasteiger charge is -1.91. The van der Waals surface area contributed by atoms with E-state index < -0.39 is 0 Å². The Balaban J connectivity index is 4.25. The lowest BCUT2D eigenvalue weighted by Crippen LogP contribution is -1.70. The van der Waals surface area contributed by atoms with Crippen LogP contribution in [-0.4, -0.2) is 0 Å². The molecule has 0 amide bonds. The molecule has 0 bridgehead atoms. The molecule has 0 aromatic rings. The molecule has 0 aromatic heterocycles. The highest BCUT2D eigenvalue weighted by atomic mass is 13.9. The molecular formula is C11H18. The Morgan fingerprint density at radius 2 is 1.27 bits per heavy atom. The number of rotatable bonds is 2. The molecule has 0 fully saturated rings. The molecule has 0 N–H and O–H groups in total. The van der Waals surface area contributed by atoms with Gasteiger partial charge in [0.15, 0.2) is 0 Å². The highest BCUT2D eigenvalue weighted by Gasteiger charge is 1.80. The summed E-state index contributed by atoms with van der Waals surface area (Å²) in [5.74, 6) is 0. The largest absolute Gasteiger partial charge is 0.0764 e. The van der Waals surface area contributed by atoms with Crippen LogP contribution in [-0.2, 0) is 0 Å². The second kappa shape index (κ2) is 4.95. The van der Waals surface area contributed by atoms with Crippen molar-refractivity contribution in [3.05, 3.63) is 34.9 Å². The van der Waals surface area contributed by atoms with Crippen molar-refractivity contribution >= 4 is 0 Å². The van der Waals surface area contributed by atoms with Gasteiger partial charge in [-0.1, -0.05) is 34.9 Å². The van der Waals surface area contributed by atoms with Gasteiger partial charge in [-0.25, -0.2) is 0 Å². The van der Waals surface area contributed by atoms with Crippen LogP contribution in [0.2, 0.25) is 0 Å². The third kappa shape index (κ3) is 7.11. The predicted octanol–water partition coefficient (Wildman–Crippen LogP) is 3.87. The Bertz CT molecular complexity index is 194. The summed E-state index contributed by atoms with van der Waals surface area (Å²) < 4.78 is 0. The van der Waals surface area contributed by atoms with Crippen molar-refractivity contribution in [2.45, 2.75) is 34.6 Å². The average molecular weight is 150 g/mol. The van der Waals surface area contributed by atoms with Gasteiger partial charge in [-0.3, -0.25) is 0 Å². The third-order valence-electron chi connectivity index (χ3n) is 1.20. The quantitative estimate of drug-likeness (QED) is 0.524. The van der Waals surface area contributed by atoms with Crippen LogP contribution in [0.4, 0.5) is 0 Å². The molecule has 0 rings (SSSR count). The van der Waals surface area contributed by atoms with Gasteiger partial charge in [0.2, 0.25) is 0 Å². The SMILES string of the molecule is CC(C)=C/C=C(/C)C=C(C)C. The fourth-order valence-corrected chi connectivity index (χ4v) is 0.802. The van der Waals surface area contributed by atoms with Crippen LogP contribution in [0.15, 0.2) is 34.9 Å². The summed E-state index contributed by atoms with van der Waals surface area (Å²) in [5, 5.41) is 0. The molecule has 0 aliphatic heterocycles. The second-order valence-corrected chi connectivity index (χ2v) is 3.38. The molecule has 0 spiro atoms. The Labute approximate surface area is 70.3 Å². The maximum Gasteiger partial charge on any atom is -0.0398 e. The molecule has 62 valence electrons. The first-order chi connectivity index (χ1) is 5.02. The van der Waals surface area contributed by atoms with E-state index in [4.69, 9.17) is 0 Å². The summed E-state index contributed by atoms with van der Waals surface area (Å²) >= 11 is 0. The van der Waals surface area contributed by atoms with Crippen molar-refractivity contribution in [3.63, 3.8) is 0 Å². The number of hydrogen-bond acceptors (Lipinski definition) is 0. The standard InChI is InChI=1S/C11H18/c1-9(2)6-7-11(5)8-10(3)4/h6-8H,1-5H3/b11-7-. The topological polar surface area (TPSA) is 0 Å². The first kappa shape index (κ1) is 10.2. The molecule has 0 aliphatic carbocycles. The molecule has 0 aliphatic rings. The van der Waals surface area contributed by atoms with Gasteiger partial charge < -0.3 is 0 Å². The van der Waals surface area contributed by atoms with Gasteiger partial charge in [0.25, 0.3) is 0 Å². The van der Waals surface area contributed by atoms with Gasteiger partial charge in [0, 0.05) is 0 Å². The average Bonchev–Trinajstić information content (AvgIpc) is 1.82. The van der Waals surface area contributed by atoms with Crippen LogP contribution in [0.1, 0.15) is 34.6 Å². The molecule has 0 atom stereocenters. The Hall–Kier alpha value is -0.780. The molecule has 0 heteroatoms. The van der Waals surface area contributed by atoms with Crippen molar-refractivity contribution in [1.29, 1.82) is 0 Å². The zero-order valence-electron chi connectivity index (χ0n) is 8.23. The van der Waals surface area contributed by atoms with Crippen LogP contribution in [0.5, 0.6) is 0 Å². The normalized spacial score (nSPS) is 10.8. The van der Waals surface area contributed by atoms with Gasteiger partial charge in [0.1, 0.15) is 0 Å². The number of hydrogen-bond donors (Lipinski definition) is 0. The second-order valence-electron chi connectivity index (χ2n) is 3.38. The molecule has 0 saturated carbocycles. The maximum atomic E-state index is 2.18. The van der Waals surface area contributed by atoms with Crippen LogP contribution in [0, 0.1) is 0 Å². The molecule has 0 saturated heterocycles. The minimum Gasteiger partial charge on any atom is -0.0764 e. The lowest BCUT2D eigenvalue weighted by atomic mass is 10.2. The maximum absolute atomic E-state index is 2.18. The molecule has 0 radical (unpaired) electrons. The zero-order valence-corrected chi connectivity index (χ0v) is 8.23. The summed E-state index contributed by atoms with van der Waals surface area (Å²) in [6.07, 6.45) is 6.45. The Kier molecular flexibility index (Phi) is 4.60. The Morgan fingerprint density at radius 3 is 1.64 bits per heavy atom. The zero-order chi connectivity index (χ0) is 8.85. The smallest absolute Gasteiger partial charge is 0.0398 e. The molecular weight excluding hydrogens is 132 g/mol. The molecule has 0 nitrogen and oxygen atoms in total. The summed E-state index contributed by atoms with van der Waals surface area (Å²) in [4.78, 5) is 0. The Morgan fingerprint density at radius 1 is 0.727 bits per heavy atom. The van der Waals surface area contributed by atoms with Gasteiger partial charge in [-0.2, -0.15) is 0 Å². The fourth-order valence-electron chi connectivity index (χ4n) is 0.802. The summed E-state index contributed by atoms with van der Waals surface area (Å²) in [6.45, 7) is 10.5. The van der Waals surface area contributed by atoms with Gasteiger partial charge in [0.05, 0.1) is 0 Å². The van der Waals surface area contributed by atoms with Crippen molar-refractivity contribution in [1.82, 2.24) is 0 Å². The van der Waals surface area contributed by atoms with Gasteiger partial charge in [-0.15, -0.1) is 0 Å². The lowest BCUT2D eigenvalue weighted by molar-refractivity contribution is 1.34. The molecule has 0 heterocycles. The van der Waals surface area contributed by atoms with Crippen molar-refractivity contribution in [2.75, 3.05) is 0 Å². The van der Waals surface area contributed by atoms with Crippen molar-refractivity contribution in [3.8, 4) is 0 Å². The first-order valence-electron chi connectivity index (χ1n) is 3.99. The van der Waals surface area contributed by atoms with E-state index in [9.17, 15) is 0 Å². The summed E-state index contributed by atoms with van der Waals surface area (Å²) in [7, 11) is 0. The van der Waals surface area contributed by atoms with Crippen molar-refractivity contribution in [2.24, 2.45) is 0 Å². The summed E-state index contributed by atoms with van der Waals surface area (Å²) in [5.41, 5.74) is 4.00. The third-order valence-corrected chi connectivity index (χ3v) is 1.20. The highest BCUT2D eigenvalue weighted by molar-refractivity contribution is 5.25. The van der Waals surface area contributed by atoms with E-state index in [1.54, 1.807) is 0 Å². The van der Waals surface area contributed by atoms with E-state index in [1.165, 1.54) is 16.7 Å². The van der Waals surface area contributed by atoms with Crippen molar-refractivity contribution < 1.29 is 0 Å². The highest BCUT2D eigenvalue weighted by Crippen LogP contribution is 2.01. The van der Waals surface area contributed by atoms with E-state index in [0.717, 1.165) is 0 Å². The summed E-state index contributed by atoms with van der Waals surface area (Å²) in [6, 6.07) is 0. The monoisotopic (exact) mass is 150 g/mol. The predicted molar refractivity (Wildman–Crippen MR) is 52.6 cm³/mol. The van der Waals surface area contributed by atoms with Crippen LogP contribution in [0.25, 0.3) is 0 Å². The fraction of sp³-hybridized carbons (Fsp3) is 0.455. The van der Waals surface area contributed by atoms with Gasteiger partial charge >= 0.3 is 0 Å². The van der Waals surface area contributed by atoms with Gasteiger partial charge in [-0.05, 0) is 34.6 Å². The minimum absolute atomic E-state index is 1.31. The van der Waals surface area contributed by atoms with E-state index in [0.29, 0.717) is 0 Å². The van der Waals surface area contributed by atoms with Crippen LogP contribution >= 0.6 is 0 Å². The van der Waals surface area contributed by atoms with E-state index in [1.807, 2.05) is 0 Å². The van der Waals surface area contributed by atoms with Crippen LogP contribution < -0.4 is 0 Å². The van der Waals surface area contributed by atoms with E-state index in [2.05, 4.69) is 52.8 Å². The van der Waals surface area contributed by atoms with E-state index in [-0.39, 0.29) is 0 Å². The van der Waals surface area contributed by atoms with Crippen LogP contribution in [0.3, 0.4) is 0 Å². The molecule has 11 heavy (non-hydrogen) atoms.